The number of amides is 1. The fourth-order valence-corrected chi connectivity index (χ4v) is 2.29. The van der Waals surface area contributed by atoms with Crippen LogP contribution < -0.4 is 0 Å². The molecule has 1 aliphatic rings. The Morgan fingerprint density at radius 3 is 2.56 bits per heavy atom. The summed E-state index contributed by atoms with van der Waals surface area (Å²) in [7, 11) is 0. The van der Waals surface area contributed by atoms with Gasteiger partial charge in [0.25, 0.3) is 0 Å². The minimum atomic E-state index is -0.596. The molecule has 0 aromatic heterocycles. The predicted molar refractivity (Wildman–Crippen MR) is 71.3 cm³/mol. The highest BCUT2D eigenvalue weighted by Crippen LogP contribution is 2.34. The fraction of sp³-hybridized carbons (Fsp3) is 0.786. The van der Waals surface area contributed by atoms with Crippen molar-refractivity contribution in [1.29, 1.82) is 0 Å². The Morgan fingerprint density at radius 1 is 1.39 bits per heavy atom. The van der Waals surface area contributed by atoms with Gasteiger partial charge in [-0.05, 0) is 47.0 Å². The molecule has 0 aromatic rings. The molecule has 0 atom stereocenters. The molecule has 1 fully saturated rings. The van der Waals surface area contributed by atoms with Gasteiger partial charge in [0.15, 0.2) is 0 Å². The molecule has 4 heteroatoms. The van der Waals surface area contributed by atoms with Crippen molar-refractivity contribution in [3.8, 4) is 0 Å². The average molecular weight is 255 g/mol. The quantitative estimate of drug-likeness (QED) is 0.558. The number of rotatable bonds is 5. The first kappa shape index (κ1) is 15.0. The molecule has 0 spiro atoms. The summed E-state index contributed by atoms with van der Waals surface area (Å²) in [6, 6.07) is 0. The van der Waals surface area contributed by atoms with Crippen LogP contribution in [0, 0.1) is 0 Å². The summed E-state index contributed by atoms with van der Waals surface area (Å²) in [5, 5.41) is 0. The third-order valence-corrected chi connectivity index (χ3v) is 3.13. The highest BCUT2D eigenvalue weighted by molar-refractivity contribution is 5.69. The van der Waals surface area contributed by atoms with E-state index in [4.69, 9.17) is 9.47 Å². The third-order valence-electron chi connectivity index (χ3n) is 3.13. The number of unbranched alkanes of at least 4 members (excludes halogenated alkanes) is 2. The second kappa shape index (κ2) is 5.74. The Kier molecular flexibility index (Phi) is 4.79. The van der Waals surface area contributed by atoms with E-state index < -0.39 is 5.72 Å². The number of carbonyl (C=O) groups is 1. The predicted octanol–water partition coefficient (Wildman–Crippen LogP) is 3.33. The van der Waals surface area contributed by atoms with Gasteiger partial charge in [0.1, 0.15) is 5.72 Å². The van der Waals surface area contributed by atoms with Gasteiger partial charge in [-0.3, -0.25) is 4.90 Å². The summed E-state index contributed by atoms with van der Waals surface area (Å²) in [5.74, 6) is 0. The zero-order valence-electron chi connectivity index (χ0n) is 12.0. The van der Waals surface area contributed by atoms with Crippen LogP contribution in [0.15, 0.2) is 12.7 Å². The van der Waals surface area contributed by atoms with Crippen molar-refractivity contribution in [1.82, 2.24) is 4.90 Å². The number of hydrogen-bond donors (Lipinski definition) is 0. The Morgan fingerprint density at radius 2 is 2.06 bits per heavy atom. The maximum Gasteiger partial charge on any atom is 0.412 e. The van der Waals surface area contributed by atoms with Gasteiger partial charge in [-0.1, -0.05) is 6.08 Å². The van der Waals surface area contributed by atoms with Crippen LogP contribution in [0.4, 0.5) is 4.79 Å². The number of allylic oxidation sites excluding steroid dienone is 1. The van der Waals surface area contributed by atoms with Gasteiger partial charge in [0.2, 0.25) is 0 Å². The lowest BCUT2D eigenvalue weighted by Gasteiger charge is -2.36. The Hall–Kier alpha value is -1.03. The molecule has 0 radical (unpaired) electrons. The van der Waals surface area contributed by atoms with E-state index in [2.05, 4.69) is 6.58 Å². The SMILES string of the molecule is C=CCCCCOC(=O)N1C(C)(C)COC1(C)C. The van der Waals surface area contributed by atoms with Gasteiger partial charge in [0, 0.05) is 0 Å². The van der Waals surface area contributed by atoms with Crippen LogP contribution in [0.1, 0.15) is 47.0 Å². The molecule has 0 aliphatic carbocycles. The van der Waals surface area contributed by atoms with Crippen molar-refractivity contribution >= 4 is 6.09 Å². The summed E-state index contributed by atoms with van der Waals surface area (Å²) < 4.78 is 11.0. The van der Waals surface area contributed by atoms with E-state index in [0.717, 1.165) is 19.3 Å². The van der Waals surface area contributed by atoms with E-state index in [9.17, 15) is 4.79 Å². The Labute approximate surface area is 110 Å². The minimum absolute atomic E-state index is 0.291. The maximum atomic E-state index is 12.1. The molecular formula is C14H25NO3. The lowest BCUT2D eigenvalue weighted by atomic mass is 10.0. The van der Waals surface area contributed by atoms with Crippen LogP contribution in [0.25, 0.3) is 0 Å². The molecule has 1 amide bonds. The zero-order valence-corrected chi connectivity index (χ0v) is 12.0. The Balaban J connectivity index is 2.47. The van der Waals surface area contributed by atoms with E-state index >= 15 is 0 Å². The summed E-state index contributed by atoms with van der Waals surface area (Å²) in [6.07, 6.45) is 4.41. The average Bonchev–Trinajstić information content (AvgIpc) is 2.47. The van der Waals surface area contributed by atoms with Crippen molar-refractivity contribution in [3.63, 3.8) is 0 Å². The monoisotopic (exact) mass is 255 g/mol. The molecule has 1 aliphatic heterocycles. The highest BCUT2D eigenvalue weighted by atomic mass is 16.6. The van der Waals surface area contributed by atoms with Crippen molar-refractivity contribution in [3.05, 3.63) is 12.7 Å². The minimum Gasteiger partial charge on any atom is -0.449 e. The van der Waals surface area contributed by atoms with Crippen molar-refractivity contribution in [2.45, 2.75) is 58.2 Å². The first-order valence-electron chi connectivity index (χ1n) is 6.53. The molecular weight excluding hydrogens is 230 g/mol. The van der Waals surface area contributed by atoms with Crippen LogP contribution in [-0.4, -0.2) is 35.5 Å². The summed E-state index contributed by atoms with van der Waals surface area (Å²) in [4.78, 5) is 13.8. The van der Waals surface area contributed by atoms with Gasteiger partial charge < -0.3 is 9.47 Å². The normalized spacial score (nSPS) is 20.8. The van der Waals surface area contributed by atoms with Crippen LogP contribution in [-0.2, 0) is 9.47 Å². The third kappa shape index (κ3) is 3.48. The molecule has 1 rings (SSSR count). The van der Waals surface area contributed by atoms with Crippen LogP contribution in [0.3, 0.4) is 0 Å². The lowest BCUT2D eigenvalue weighted by molar-refractivity contribution is -0.0518. The maximum absolute atomic E-state index is 12.1. The first-order chi connectivity index (χ1) is 8.31. The van der Waals surface area contributed by atoms with Gasteiger partial charge in [-0.15, -0.1) is 6.58 Å². The largest absolute Gasteiger partial charge is 0.449 e. The molecule has 0 unspecified atom stereocenters. The van der Waals surface area contributed by atoms with E-state index in [0.29, 0.717) is 13.2 Å². The molecule has 4 nitrogen and oxygen atoms in total. The van der Waals surface area contributed by atoms with Gasteiger partial charge >= 0.3 is 6.09 Å². The van der Waals surface area contributed by atoms with E-state index in [-0.39, 0.29) is 11.6 Å². The summed E-state index contributed by atoms with van der Waals surface area (Å²) in [5.41, 5.74) is -0.913. The molecule has 0 bridgehead atoms. The second-order valence-electron chi connectivity index (χ2n) is 5.78. The molecule has 1 saturated heterocycles. The Bertz CT molecular complexity index is 294. The van der Waals surface area contributed by atoms with Gasteiger partial charge in [-0.2, -0.15) is 0 Å². The highest BCUT2D eigenvalue weighted by Gasteiger charge is 2.49. The van der Waals surface area contributed by atoms with Crippen molar-refractivity contribution in [2.24, 2.45) is 0 Å². The topological polar surface area (TPSA) is 38.8 Å². The van der Waals surface area contributed by atoms with Crippen molar-refractivity contribution in [2.75, 3.05) is 13.2 Å². The summed E-state index contributed by atoms with van der Waals surface area (Å²) >= 11 is 0. The number of hydrogen-bond acceptors (Lipinski definition) is 3. The van der Waals surface area contributed by atoms with Crippen LogP contribution >= 0.6 is 0 Å². The van der Waals surface area contributed by atoms with Crippen molar-refractivity contribution < 1.29 is 14.3 Å². The fourth-order valence-electron chi connectivity index (χ4n) is 2.29. The molecule has 0 aromatic carbocycles. The number of nitrogens with zero attached hydrogens (tertiary/aromatic N) is 1. The lowest BCUT2D eigenvalue weighted by Crippen LogP contribution is -2.52. The van der Waals surface area contributed by atoms with E-state index in [1.54, 1.807) is 4.90 Å². The molecule has 104 valence electrons. The zero-order chi connectivity index (χ0) is 13.8. The van der Waals surface area contributed by atoms with E-state index in [1.807, 2.05) is 33.8 Å². The molecule has 1 heterocycles. The first-order valence-corrected chi connectivity index (χ1v) is 6.53. The molecule has 0 saturated carbocycles. The summed E-state index contributed by atoms with van der Waals surface area (Å²) in [6.45, 7) is 12.4. The smallest absolute Gasteiger partial charge is 0.412 e. The van der Waals surface area contributed by atoms with E-state index in [1.165, 1.54) is 0 Å². The molecule has 0 N–H and O–H groups in total. The number of carbonyl (C=O) groups excluding carboxylic acids is 1. The second-order valence-corrected chi connectivity index (χ2v) is 5.78. The van der Waals surface area contributed by atoms with Gasteiger partial charge in [0.05, 0.1) is 18.8 Å². The molecule has 18 heavy (non-hydrogen) atoms. The van der Waals surface area contributed by atoms with Gasteiger partial charge in [-0.25, -0.2) is 4.79 Å². The standard InChI is InChI=1S/C14H25NO3/c1-6-7-8-9-10-17-12(16)15-13(2,3)11-18-14(15,4)5/h6H,1,7-11H2,2-5H3. The number of ether oxygens (including phenoxy) is 2. The van der Waals surface area contributed by atoms with Crippen LogP contribution in [0.2, 0.25) is 0 Å². The van der Waals surface area contributed by atoms with Crippen LogP contribution in [0.5, 0.6) is 0 Å².